The van der Waals surface area contributed by atoms with Gasteiger partial charge in [-0.15, -0.1) is 0 Å². The molecular formula is C24H19N3. The maximum Gasteiger partial charge on any atom is 0.165 e. The molecule has 0 aromatic heterocycles. The molecule has 3 aromatic carbocycles. The van der Waals surface area contributed by atoms with Crippen molar-refractivity contribution >= 4 is 5.69 Å². The summed E-state index contributed by atoms with van der Waals surface area (Å²) >= 11 is 0. The van der Waals surface area contributed by atoms with Gasteiger partial charge in [0.2, 0.25) is 0 Å². The number of fused-ring (bicyclic) bond motifs is 5. The third kappa shape index (κ3) is 2.84. The van der Waals surface area contributed by atoms with Crippen LogP contribution in [0.5, 0.6) is 0 Å². The number of anilines is 1. The highest BCUT2D eigenvalue weighted by Gasteiger charge is 2.34. The predicted molar refractivity (Wildman–Crippen MR) is 108 cm³/mol. The Morgan fingerprint density at radius 3 is 1.93 bits per heavy atom. The van der Waals surface area contributed by atoms with Crippen molar-refractivity contribution in [2.75, 3.05) is 18.5 Å². The van der Waals surface area contributed by atoms with Crippen LogP contribution in [0.4, 0.5) is 5.69 Å². The topological polar surface area (TPSA) is 50.8 Å². The van der Waals surface area contributed by atoms with Crippen LogP contribution < -0.4 is 4.90 Å². The van der Waals surface area contributed by atoms with E-state index in [2.05, 4.69) is 48.5 Å². The monoisotopic (exact) mass is 349 g/mol. The molecule has 3 heteroatoms. The molecule has 0 spiro atoms. The SMILES string of the molecule is CN1CC(C#N)(C#N)Cc2ccccc2-c2ccccc2-c2ccccc21. The van der Waals surface area contributed by atoms with Gasteiger partial charge >= 0.3 is 0 Å². The second-order valence-corrected chi connectivity index (χ2v) is 7.06. The number of nitrogens with zero attached hydrogens (tertiary/aromatic N) is 3. The fourth-order valence-corrected chi connectivity index (χ4v) is 3.97. The third-order valence-corrected chi connectivity index (χ3v) is 5.27. The summed E-state index contributed by atoms with van der Waals surface area (Å²) in [7, 11) is 1.96. The summed E-state index contributed by atoms with van der Waals surface area (Å²) in [6.45, 7) is 0.355. The highest BCUT2D eigenvalue weighted by Crippen LogP contribution is 2.41. The number of rotatable bonds is 0. The van der Waals surface area contributed by atoms with Crippen LogP contribution in [-0.4, -0.2) is 13.6 Å². The van der Waals surface area contributed by atoms with E-state index >= 15 is 0 Å². The van der Waals surface area contributed by atoms with Crippen molar-refractivity contribution in [2.45, 2.75) is 6.42 Å². The number of para-hydroxylation sites is 1. The van der Waals surface area contributed by atoms with Crippen LogP contribution in [0.25, 0.3) is 22.3 Å². The zero-order valence-corrected chi connectivity index (χ0v) is 15.2. The summed E-state index contributed by atoms with van der Waals surface area (Å²) < 4.78 is 0. The normalized spacial score (nSPS) is 14.7. The Hall–Kier alpha value is -3.56. The van der Waals surface area contributed by atoms with Crippen molar-refractivity contribution in [1.29, 1.82) is 10.5 Å². The molecule has 0 amide bonds. The Labute approximate surface area is 159 Å². The quantitative estimate of drug-likeness (QED) is 0.571. The lowest BCUT2D eigenvalue weighted by Crippen LogP contribution is -2.36. The van der Waals surface area contributed by atoms with Gasteiger partial charge in [0.1, 0.15) is 0 Å². The standard InChI is InChI=1S/C24H19N3/c1-27-17-24(15-25,16-26)14-18-8-2-3-9-19(18)20-10-4-5-11-21(20)22-12-6-7-13-23(22)27/h2-13H,14,17H2,1H3. The van der Waals surface area contributed by atoms with Crippen LogP contribution in [-0.2, 0) is 6.42 Å². The smallest absolute Gasteiger partial charge is 0.165 e. The number of hydrogen-bond acceptors (Lipinski definition) is 3. The van der Waals surface area contributed by atoms with Crippen LogP contribution in [0.3, 0.4) is 0 Å². The zero-order chi connectivity index (χ0) is 18.9. The van der Waals surface area contributed by atoms with Gasteiger partial charge in [-0.2, -0.15) is 10.5 Å². The number of hydrogen-bond donors (Lipinski definition) is 0. The Bertz CT molecular complexity index is 1070. The fourth-order valence-electron chi connectivity index (χ4n) is 3.97. The molecule has 1 aliphatic heterocycles. The molecular weight excluding hydrogens is 330 g/mol. The fraction of sp³-hybridized carbons (Fsp3) is 0.167. The van der Waals surface area contributed by atoms with Gasteiger partial charge in [-0.3, -0.25) is 0 Å². The van der Waals surface area contributed by atoms with Crippen LogP contribution in [0.2, 0.25) is 0 Å². The Morgan fingerprint density at radius 2 is 1.26 bits per heavy atom. The molecule has 0 bridgehead atoms. The summed E-state index contributed by atoms with van der Waals surface area (Å²) in [5.74, 6) is 0. The van der Waals surface area contributed by atoms with E-state index in [1.54, 1.807) is 0 Å². The number of benzene rings is 3. The molecule has 0 fully saturated rings. The second-order valence-electron chi connectivity index (χ2n) is 7.06. The first-order valence-electron chi connectivity index (χ1n) is 8.98. The molecule has 0 saturated carbocycles. The number of nitriles is 2. The Morgan fingerprint density at radius 1 is 0.741 bits per heavy atom. The molecule has 0 unspecified atom stereocenters. The summed E-state index contributed by atoms with van der Waals surface area (Å²) in [6, 6.07) is 29.3. The van der Waals surface area contributed by atoms with Gasteiger partial charge in [-0.25, -0.2) is 0 Å². The van der Waals surface area contributed by atoms with Crippen molar-refractivity contribution in [2.24, 2.45) is 5.41 Å². The highest BCUT2D eigenvalue weighted by atomic mass is 15.1. The first kappa shape index (κ1) is 16.9. The molecule has 3 nitrogen and oxygen atoms in total. The van der Waals surface area contributed by atoms with E-state index in [4.69, 9.17) is 0 Å². The van der Waals surface area contributed by atoms with Crippen LogP contribution in [0.1, 0.15) is 5.56 Å². The van der Waals surface area contributed by atoms with Gasteiger partial charge < -0.3 is 4.90 Å². The molecule has 0 N–H and O–H groups in total. The summed E-state index contributed by atoms with van der Waals surface area (Å²) in [5.41, 5.74) is 5.43. The molecule has 130 valence electrons. The average Bonchev–Trinajstić information content (AvgIpc) is 2.73. The van der Waals surface area contributed by atoms with E-state index in [-0.39, 0.29) is 0 Å². The van der Waals surface area contributed by atoms with Gasteiger partial charge in [-0.05, 0) is 28.3 Å². The predicted octanol–water partition coefficient (Wildman–Crippen LogP) is 5.05. The molecule has 0 aliphatic carbocycles. The van der Waals surface area contributed by atoms with Gasteiger partial charge in [0.25, 0.3) is 0 Å². The first-order valence-corrected chi connectivity index (χ1v) is 8.98. The maximum atomic E-state index is 9.91. The molecule has 27 heavy (non-hydrogen) atoms. The van der Waals surface area contributed by atoms with E-state index in [0.29, 0.717) is 13.0 Å². The minimum atomic E-state index is -1.11. The summed E-state index contributed by atoms with van der Waals surface area (Å²) in [4.78, 5) is 2.03. The lowest BCUT2D eigenvalue weighted by atomic mass is 9.79. The van der Waals surface area contributed by atoms with Crippen molar-refractivity contribution in [3.8, 4) is 34.4 Å². The molecule has 0 atom stereocenters. The Kier molecular flexibility index (Phi) is 4.15. The summed E-state index contributed by atoms with van der Waals surface area (Å²) in [5, 5.41) is 19.8. The van der Waals surface area contributed by atoms with Crippen LogP contribution in [0, 0.1) is 28.1 Å². The van der Waals surface area contributed by atoms with Crippen molar-refractivity contribution in [3.05, 3.63) is 78.4 Å². The lowest BCUT2D eigenvalue weighted by Gasteiger charge is -2.31. The van der Waals surface area contributed by atoms with E-state index in [9.17, 15) is 10.5 Å². The molecule has 1 aliphatic rings. The van der Waals surface area contributed by atoms with Crippen LogP contribution in [0.15, 0.2) is 72.8 Å². The lowest BCUT2D eigenvalue weighted by molar-refractivity contribution is 0.518. The Balaban J connectivity index is 2.08. The van der Waals surface area contributed by atoms with Crippen molar-refractivity contribution in [1.82, 2.24) is 0 Å². The van der Waals surface area contributed by atoms with E-state index < -0.39 is 5.41 Å². The molecule has 3 aromatic rings. The van der Waals surface area contributed by atoms with E-state index in [1.807, 2.05) is 48.3 Å². The minimum absolute atomic E-state index is 0.355. The molecule has 0 saturated heterocycles. The van der Waals surface area contributed by atoms with Gasteiger partial charge in [-0.1, -0.05) is 66.7 Å². The third-order valence-electron chi connectivity index (χ3n) is 5.27. The second kappa shape index (κ2) is 6.63. The minimum Gasteiger partial charge on any atom is -0.371 e. The molecule has 1 heterocycles. The molecule has 0 radical (unpaired) electrons. The first-order chi connectivity index (χ1) is 13.2. The van der Waals surface area contributed by atoms with E-state index in [1.165, 1.54) is 0 Å². The van der Waals surface area contributed by atoms with Crippen molar-refractivity contribution < 1.29 is 0 Å². The molecule has 4 rings (SSSR count). The van der Waals surface area contributed by atoms with Crippen LogP contribution >= 0.6 is 0 Å². The van der Waals surface area contributed by atoms with Gasteiger partial charge in [0, 0.05) is 31.3 Å². The van der Waals surface area contributed by atoms with Gasteiger partial charge in [0.05, 0.1) is 12.1 Å². The van der Waals surface area contributed by atoms with E-state index in [0.717, 1.165) is 33.5 Å². The maximum absolute atomic E-state index is 9.91. The largest absolute Gasteiger partial charge is 0.371 e. The van der Waals surface area contributed by atoms with Gasteiger partial charge in [0.15, 0.2) is 5.41 Å². The van der Waals surface area contributed by atoms with Crippen molar-refractivity contribution in [3.63, 3.8) is 0 Å². The zero-order valence-electron chi connectivity index (χ0n) is 15.2. The highest BCUT2D eigenvalue weighted by molar-refractivity contribution is 5.90. The average molecular weight is 349 g/mol. The summed E-state index contributed by atoms with van der Waals surface area (Å²) in [6.07, 6.45) is 0.400.